The van der Waals surface area contributed by atoms with E-state index in [0.29, 0.717) is 12.1 Å². The second-order valence-corrected chi connectivity index (χ2v) is 9.75. The number of hydrogen-bond donors (Lipinski definition) is 1. The minimum absolute atomic E-state index is 0.0217. The number of rotatable bonds is 5. The van der Waals surface area contributed by atoms with E-state index in [2.05, 4.69) is 49.9 Å². The van der Waals surface area contributed by atoms with Gasteiger partial charge in [-0.25, -0.2) is 9.78 Å². The lowest BCUT2D eigenvalue weighted by Gasteiger charge is -2.46. The number of benzene rings is 1. The van der Waals surface area contributed by atoms with Gasteiger partial charge in [0.2, 0.25) is 0 Å². The van der Waals surface area contributed by atoms with Crippen LogP contribution in [0.3, 0.4) is 0 Å². The van der Waals surface area contributed by atoms with Crippen molar-refractivity contribution in [3.05, 3.63) is 70.5 Å². The molecule has 1 saturated heterocycles. The number of morpholine rings is 1. The molecule has 0 spiro atoms. The molecule has 8 nitrogen and oxygen atoms in total. The molecular weight excluding hydrogens is 428 g/mol. The molecule has 0 bridgehead atoms. The van der Waals surface area contributed by atoms with Gasteiger partial charge in [0.05, 0.1) is 23.7 Å². The average Bonchev–Trinajstić information content (AvgIpc) is 3.43. The number of aryl methyl sites for hydroxylation is 2. The highest BCUT2D eigenvalue weighted by atomic mass is 16.5. The first-order chi connectivity index (χ1) is 16.6. The van der Waals surface area contributed by atoms with E-state index < -0.39 is 0 Å². The molecule has 1 aliphatic heterocycles. The van der Waals surface area contributed by atoms with Crippen LogP contribution in [0.15, 0.2) is 53.7 Å². The lowest BCUT2D eigenvalue weighted by atomic mass is 9.86. The standard InChI is InChI=1S/C26H32N6O2/c1-29-21-7-5-18(14-23(21)30(2)26(29)33)17-32-12-13-34-24-15-20(6-8-22(24)32)28-16-19-4-3-10-31-11-9-27-25(19)31/h3-5,7,9-11,14,20,22,24,28H,6,8,12-13,15-17H2,1-2H3/t20-,22-,24+/m1/s1. The van der Waals surface area contributed by atoms with Crippen LogP contribution in [0.25, 0.3) is 16.7 Å². The fraction of sp³-hybridized carbons (Fsp3) is 0.462. The Balaban J connectivity index is 1.12. The Kier molecular flexibility index (Phi) is 5.51. The second kappa shape index (κ2) is 8.69. The van der Waals surface area contributed by atoms with E-state index in [1.165, 1.54) is 11.1 Å². The first-order valence-corrected chi connectivity index (χ1v) is 12.2. The van der Waals surface area contributed by atoms with E-state index >= 15 is 0 Å². The highest BCUT2D eigenvalue weighted by Gasteiger charge is 2.37. The minimum atomic E-state index is 0.0217. The quantitative estimate of drug-likeness (QED) is 0.496. The molecule has 0 unspecified atom stereocenters. The van der Waals surface area contributed by atoms with Crippen molar-refractivity contribution in [1.82, 2.24) is 28.7 Å². The van der Waals surface area contributed by atoms with Crippen molar-refractivity contribution in [3.8, 4) is 0 Å². The molecule has 8 heteroatoms. The normalized spacial score (nSPS) is 23.5. The molecular formula is C26H32N6O2. The Hall–Kier alpha value is -2.94. The summed E-state index contributed by atoms with van der Waals surface area (Å²) in [6, 6.07) is 11.5. The lowest BCUT2D eigenvalue weighted by molar-refractivity contribution is -0.0965. The number of nitrogens with one attached hydrogen (secondary N) is 1. The average molecular weight is 461 g/mol. The van der Waals surface area contributed by atoms with E-state index in [1.807, 2.05) is 32.7 Å². The van der Waals surface area contributed by atoms with Crippen LogP contribution in [-0.4, -0.2) is 54.8 Å². The molecule has 1 aromatic carbocycles. The lowest BCUT2D eigenvalue weighted by Crippen LogP contribution is -2.55. The van der Waals surface area contributed by atoms with Gasteiger partial charge >= 0.3 is 5.69 Å². The van der Waals surface area contributed by atoms with E-state index in [4.69, 9.17) is 4.74 Å². The number of pyridine rings is 1. The zero-order valence-corrected chi connectivity index (χ0v) is 19.9. The van der Waals surface area contributed by atoms with Gasteiger partial charge in [0.1, 0.15) is 5.65 Å². The second-order valence-electron chi connectivity index (χ2n) is 9.75. The zero-order chi connectivity index (χ0) is 23.2. The number of fused-ring (bicyclic) bond motifs is 3. The molecule has 178 valence electrons. The minimum Gasteiger partial charge on any atom is -0.375 e. The number of aromatic nitrogens is 4. The summed E-state index contributed by atoms with van der Waals surface area (Å²) < 4.78 is 11.8. The van der Waals surface area contributed by atoms with Crippen molar-refractivity contribution in [2.45, 2.75) is 50.5 Å². The van der Waals surface area contributed by atoms with Gasteiger partial charge in [0.15, 0.2) is 0 Å². The molecule has 4 aromatic rings. The third-order valence-corrected chi connectivity index (χ3v) is 7.74. The Morgan fingerprint density at radius 3 is 2.91 bits per heavy atom. The first-order valence-electron chi connectivity index (χ1n) is 12.2. The summed E-state index contributed by atoms with van der Waals surface area (Å²) in [5.74, 6) is 0. The van der Waals surface area contributed by atoms with Crippen LogP contribution in [0.1, 0.15) is 30.4 Å². The number of ether oxygens (including phenoxy) is 1. The summed E-state index contributed by atoms with van der Waals surface area (Å²) in [5, 5.41) is 3.76. The maximum Gasteiger partial charge on any atom is 0.328 e. The molecule has 3 aromatic heterocycles. The van der Waals surface area contributed by atoms with E-state index in [-0.39, 0.29) is 11.8 Å². The maximum absolute atomic E-state index is 12.3. The zero-order valence-electron chi connectivity index (χ0n) is 19.9. The SMILES string of the molecule is Cn1c(=O)n(C)c2cc(CN3CCO[C@H]4C[C@H](NCc5cccn6ccnc56)CC[C@H]43)ccc21. The van der Waals surface area contributed by atoms with Crippen molar-refractivity contribution in [2.75, 3.05) is 13.2 Å². The fourth-order valence-electron chi connectivity index (χ4n) is 5.86. The Morgan fingerprint density at radius 1 is 1.12 bits per heavy atom. The largest absolute Gasteiger partial charge is 0.375 e. The summed E-state index contributed by atoms with van der Waals surface area (Å²) in [6.45, 7) is 3.44. The third-order valence-electron chi connectivity index (χ3n) is 7.74. The molecule has 1 N–H and O–H groups in total. The van der Waals surface area contributed by atoms with Crippen LogP contribution in [-0.2, 0) is 31.9 Å². The molecule has 0 radical (unpaired) electrons. The van der Waals surface area contributed by atoms with Gasteiger partial charge in [-0.15, -0.1) is 0 Å². The monoisotopic (exact) mass is 460 g/mol. The summed E-state index contributed by atoms with van der Waals surface area (Å²) in [6.07, 6.45) is 9.44. The maximum atomic E-state index is 12.3. The topological polar surface area (TPSA) is 68.7 Å². The Morgan fingerprint density at radius 2 is 2.00 bits per heavy atom. The van der Waals surface area contributed by atoms with Gasteiger partial charge in [-0.2, -0.15) is 0 Å². The van der Waals surface area contributed by atoms with Crippen LogP contribution in [0.2, 0.25) is 0 Å². The highest BCUT2D eigenvalue weighted by Crippen LogP contribution is 2.30. The van der Waals surface area contributed by atoms with Crippen molar-refractivity contribution in [2.24, 2.45) is 14.1 Å². The molecule has 1 saturated carbocycles. The highest BCUT2D eigenvalue weighted by molar-refractivity contribution is 5.76. The Bertz CT molecular complexity index is 1390. The molecule has 34 heavy (non-hydrogen) atoms. The van der Waals surface area contributed by atoms with Crippen molar-refractivity contribution >= 4 is 16.7 Å². The van der Waals surface area contributed by atoms with Crippen LogP contribution in [0, 0.1) is 0 Å². The van der Waals surface area contributed by atoms with Crippen molar-refractivity contribution in [3.63, 3.8) is 0 Å². The molecule has 6 rings (SSSR count). The van der Waals surface area contributed by atoms with Crippen LogP contribution in [0.4, 0.5) is 0 Å². The summed E-state index contributed by atoms with van der Waals surface area (Å²) in [5.41, 5.74) is 5.50. The fourth-order valence-corrected chi connectivity index (χ4v) is 5.86. The smallest absolute Gasteiger partial charge is 0.328 e. The number of hydrogen-bond acceptors (Lipinski definition) is 5. The van der Waals surface area contributed by atoms with Gasteiger partial charge in [0, 0.05) is 70.0 Å². The van der Waals surface area contributed by atoms with Crippen LogP contribution >= 0.6 is 0 Å². The number of imidazole rings is 2. The predicted octanol–water partition coefficient (Wildman–Crippen LogP) is 2.44. The number of nitrogens with zero attached hydrogens (tertiary/aromatic N) is 5. The molecule has 2 aliphatic rings. The van der Waals surface area contributed by atoms with E-state index in [9.17, 15) is 4.79 Å². The molecule has 4 heterocycles. The van der Waals surface area contributed by atoms with Gasteiger partial charge in [0.25, 0.3) is 0 Å². The van der Waals surface area contributed by atoms with Crippen LogP contribution < -0.4 is 11.0 Å². The first kappa shape index (κ1) is 21.6. The van der Waals surface area contributed by atoms with Gasteiger partial charge in [-0.1, -0.05) is 12.1 Å². The van der Waals surface area contributed by atoms with Gasteiger partial charge in [-0.05, 0) is 43.0 Å². The Labute approximate surface area is 198 Å². The van der Waals surface area contributed by atoms with Gasteiger partial charge < -0.3 is 14.5 Å². The van der Waals surface area contributed by atoms with Crippen molar-refractivity contribution < 1.29 is 4.74 Å². The van der Waals surface area contributed by atoms with Crippen LogP contribution in [0.5, 0.6) is 0 Å². The summed E-state index contributed by atoms with van der Waals surface area (Å²) >= 11 is 0. The summed E-state index contributed by atoms with van der Waals surface area (Å²) in [4.78, 5) is 19.4. The molecule has 3 atom stereocenters. The molecule has 1 aliphatic carbocycles. The third kappa shape index (κ3) is 3.76. The van der Waals surface area contributed by atoms with E-state index in [0.717, 1.165) is 62.2 Å². The molecule has 0 amide bonds. The predicted molar refractivity (Wildman–Crippen MR) is 132 cm³/mol. The van der Waals surface area contributed by atoms with E-state index in [1.54, 1.807) is 9.13 Å². The summed E-state index contributed by atoms with van der Waals surface area (Å²) in [7, 11) is 3.68. The molecule has 2 fully saturated rings. The van der Waals surface area contributed by atoms with Gasteiger partial charge in [-0.3, -0.25) is 14.0 Å². The van der Waals surface area contributed by atoms with Crippen molar-refractivity contribution in [1.29, 1.82) is 0 Å².